The van der Waals surface area contributed by atoms with Crippen molar-refractivity contribution in [3.8, 4) is 0 Å². The number of aromatic nitrogens is 3. The van der Waals surface area contributed by atoms with Gasteiger partial charge in [0.1, 0.15) is 0 Å². The molecule has 0 bridgehead atoms. The minimum atomic E-state index is 0.0337. The van der Waals surface area contributed by atoms with Crippen molar-refractivity contribution in [1.82, 2.24) is 20.3 Å². The highest BCUT2D eigenvalue weighted by atomic mass is 35.5. The first kappa shape index (κ1) is 23.5. The van der Waals surface area contributed by atoms with Crippen LogP contribution in [0, 0.1) is 0 Å². The molecule has 2 aliphatic rings. The molecule has 170 valence electrons. The predicted molar refractivity (Wildman–Crippen MR) is 123 cm³/mol. The van der Waals surface area contributed by atoms with Crippen LogP contribution in [0.1, 0.15) is 79.1 Å². The molecular formula is C22H39ClN6O. The Morgan fingerprint density at radius 3 is 2.37 bits per heavy atom. The summed E-state index contributed by atoms with van der Waals surface area (Å²) in [6.07, 6.45) is 9.08. The van der Waals surface area contributed by atoms with Gasteiger partial charge in [-0.3, -0.25) is 0 Å². The minimum Gasteiger partial charge on any atom is -0.385 e. The van der Waals surface area contributed by atoms with Crippen molar-refractivity contribution in [1.29, 1.82) is 0 Å². The molecule has 0 spiro atoms. The van der Waals surface area contributed by atoms with E-state index in [-0.39, 0.29) is 16.4 Å². The quantitative estimate of drug-likeness (QED) is 0.581. The predicted octanol–water partition coefficient (Wildman–Crippen LogP) is 4.42. The molecule has 8 heteroatoms. The molecule has 1 saturated heterocycles. The molecule has 1 aliphatic carbocycles. The van der Waals surface area contributed by atoms with E-state index in [9.17, 15) is 0 Å². The summed E-state index contributed by atoms with van der Waals surface area (Å²) in [5.74, 6) is 1.27. The van der Waals surface area contributed by atoms with Gasteiger partial charge in [0.15, 0.2) is 0 Å². The largest absolute Gasteiger partial charge is 0.385 e. The number of nitrogens with zero attached hydrogens (tertiary/aromatic N) is 4. The number of hydrogen-bond donors (Lipinski definition) is 2. The van der Waals surface area contributed by atoms with Crippen molar-refractivity contribution in [3.63, 3.8) is 0 Å². The number of hydrogen-bond acceptors (Lipinski definition) is 7. The van der Waals surface area contributed by atoms with Gasteiger partial charge < -0.3 is 20.3 Å². The van der Waals surface area contributed by atoms with Crippen LogP contribution in [0.5, 0.6) is 0 Å². The first-order chi connectivity index (χ1) is 14.2. The van der Waals surface area contributed by atoms with Crippen LogP contribution in [0.2, 0.25) is 5.28 Å². The molecule has 30 heavy (non-hydrogen) atoms. The summed E-state index contributed by atoms with van der Waals surface area (Å²) in [6, 6.07) is 0.734. The molecule has 1 aliphatic heterocycles. The van der Waals surface area contributed by atoms with Crippen LogP contribution in [-0.4, -0.2) is 58.4 Å². The van der Waals surface area contributed by atoms with Crippen LogP contribution >= 0.6 is 11.6 Å². The second kappa shape index (κ2) is 9.96. The van der Waals surface area contributed by atoms with E-state index in [0.29, 0.717) is 30.6 Å². The maximum atomic E-state index is 6.36. The molecule has 3 rings (SSSR count). The van der Waals surface area contributed by atoms with Gasteiger partial charge in [0.2, 0.25) is 17.2 Å². The zero-order chi connectivity index (χ0) is 21.8. The lowest BCUT2D eigenvalue weighted by atomic mass is 9.79. The smallest absolute Gasteiger partial charge is 0.231 e. The van der Waals surface area contributed by atoms with Crippen molar-refractivity contribution in [2.45, 2.75) is 102 Å². The van der Waals surface area contributed by atoms with Crippen LogP contribution in [0.3, 0.4) is 0 Å². The first-order valence-corrected chi connectivity index (χ1v) is 11.8. The molecule has 7 nitrogen and oxygen atoms in total. The second-order valence-electron chi connectivity index (χ2n) is 10.2. The SMILES string of the molecule is COCCCN(c1nc(Cl)nc(NC2CCCCC2)n1)C1CC(C)(C)NC(C)(C)C1. The van der Waals surface area contributed by atoms with Crippen molar-refractivity contribution >= 4 is 23.5 Å². The Morgan fingerprint density at radius 1 is 1.07 bits per heavy atom. The van der Waals surface area contributed by atoms with Gasteiger partial charge in [-0.05, 0) is 71.4 Å². The summed E-state index contributed by atoms with van der Waals surface area (Å²) in [4.78, 5) is 16.1. The lowest BCUT2D eigenvalue weighted by molar-refractivity contribution is 0.154. The molecule has 0 aromatic carbocycles. The summed E-state index contributed by atoms with van der Waals surface area (Å²) < 4.78 is 5.31. The third kappa shape index (κ3) is 6.66. The van der Waals surface area contributed by atoms with Crippen LogP contribution in [-0.2, 0) is 4.74 Å². The summed E-state index contributed by atoms with van der Waals surface area (Å²) in [6.45, 7) is 10.6. The second-order valence-corrected chi connectivity index (χ2v) is 10.5. The molecule has 2 heterocycles. The van der Waals surface area contributed by atoms with Gasteiger partial charge in [0.05, 0.1) is 0 Å². The monoisotopic (exact) mass is 438 g/mol. The zero-order valence-corrected chi connectivity index (χ0v) is 20.1. The van der Waals surface area contributed by atoms with Crippen LogP contribution in [0.25, 0.3) is 0 Å². The minimum absolute atomic E-state index is 0.0337. The van der Waals surface area contributed by atoms with Gasteiger partial charge >= 0.3 is 0 Å². The molecule has 1 aromatic rings. The molecule has 1 aromatic heterocycles. The maximum Gasteiger partial charge on any atom is 0.231 e. The Morgan fingerprint density at radius 2 is 1.73 bits per heavy atom. The van der Waals surface area contributed by atoms with Crippen molar-refractivity contribution < 1.29 is 4.74 Å². The molecule has 0 unspecified atom stereocenters. The number of halogens is 1. The number of methoxy groups -OCH3 is 1. The highest BCUT2D eigenvalue weighted by Gasteiger charge is 2.40. The fourth-order valence-corrected chi connectivity index (χ4v) is 5.43. The van der Waals surface area contributed by atoms with E-state index >= 15 is 0 Å². The summed E-state index contributed by atoms with van der Waals surface area (Å²) in [5.41, 5.74) is 0.0673. The van der Waals surface area contributed by atoms with E-state index in [4.69, 9.17) is 21.3 Å². The number of nitrogens with one attached hydrogen (secondary N) is 2. The van der Waals surface area contributed by atoms with Crippen LogP contribution < -0.4 is 15.5 Å². The Kier molecular flexibility index (Phi) is 7.80. The Balaban J connectivity index is 1.85. The van der Waals surface area contributed by atoms with Gasteiger partial charge in [-0.2, -0.15) is 15.0 Å². The van der Waals surface area contributed by atoms with Gasteiger partial charge in [-0.25, -0.2) is 0 Å². The van der Waals surface area contributed by atoms with Crippen LogP contribution in [0.4, 0.5) is 11.9 Å². The standard InChI is InChI=1S/C22H39ClN6O/c1-21(2)14-17(15-22(3,4)28-21)29(12-9-13-30-5)20-26-18(23)25-19(27-20)24-16-10-7-6-8-11-16/h16-17,28H,6-15H2,1-5H3,(H,24,25,26,27). The normalized spacial score (nSPS) is 22.1. The molecule has 0 radical (unpaired) electrons. The van der Waals surface area contributed by atoms with Gasteiger partial charge in [-0.15, -0.1) is 0 Å². The van der Waals surface area contributed by atoms with E-state index in [1.165, 1.54) is 19.3 Å². The Hall–Kier alpha value is -1.18. The van der Waals surface area contributed by atoms with E-state index in [2.05, 4.69) is 53.2 Å². The average molecular weight is 439 g/mol. The maximum absolute atomic E-state index is 6.36. The Labute approximate surface area is 186 Å². The van der Waals surface area contributed by atoms with Crippen molar-refractivity contribution in [2.24, 2.45) is 0 Å². The summed E-state index contributed by atoms with van der Waals surface area (Å²) in [7, 11) is 1.74. The highest BCUT2D eigenvalue weighted by molar-refractivity contribution is 6.28. The van der Waals surface area contributed by atoms with Gasteiger partial charge in [0, 0.05) is 43.4 Å². The Bertz CT molecular complexity index is 676. The van der Waals surface area contributed by atoms with E-state index in [1.54, 1.807) is 7.11 Å². The zero-order valence-electron chi connectivity index (χ0n) is 19.3. The van der Waals surface area contributed by atoms with E-state index in [0.717, 1.165) is 38.6 Å². The number of piperidine rings is 1. The lowest BCUT2D eigenvalue weighted by Crippen LogP contribution is -2.62. The van der Waals surface area contributed by atoms with E-state index in [1.807, 2.05) is 0 Å². The molecular weight excluding hydrogens is 400 g/mol. The fraction of sp³-hybridized carbons (Fsp3) is 0.864. The van der Waals surface area contributed by atoms with E-state index < -0.39 is 0 Å². The highest BCUT2D eigenvalue weighted by Crippen LogP contribution is 2.33. The molecule has 1 saturated carbocycles. The van der Waals surface area contributed by atoms with Gasteiger partial charge in [-0.1, -0.05) is 19.3 Å². The lowest BCUT2D eigenvalue weighted by Gasteiger charge is -2.49. The third-order valence-corrected chi connectivity index (χ3v) is 6.32. The molecule has 2 fully saturated rings. The summed E-state index contributed by atoms with van der Waals surface area (Å²) in [5, 5.41) is 7.53. The van der Waals surface area contributed by atoms with Crippen molar-refractivity contribution in [3.05, 3.63) is 5.28 Å². The fourth-order valence-electron chi connectivity index (χ4n) is 5.28. The third-order valence-electron chi connectivity index (χ3n) is 6.15. The molecule has 0 atom stereocenters. The number of rotatable bonds is 8. The number of anilines is 2. The summed E-state index contributed by atoms with van der Waals surface area (Å²) >= 11 is 6.36. The van der Waals surface area contributed by atoms with Crippen LogP contribution in [0.15, 0.2) is 0 Å². The average Bonchev–Trinajstić information content (AvgIpc) is 2.63. The first-order valence-electron chi connectivity index (χ1n) is 11.4. The molecule has 0 amide bonds. The number of ether oxygens (including phenoxy) is 1. The topological polar surface area (TPSA) is 75.2 Å². The molecule has 2 N–H and O–H groups in total. The van der Waals surface area contributed by atoms with Gasteiger partial charge in [0.25, 0.3) is 0 Å². The van der Waals surface area contributed by atoms with Crippen molar-refractivity contribution in [2.75, 3.05) is 30.5 Å².